The van der Waals surface area contributed by atoms with E-state index in [0.717, 1.165) is 36.3 Å². The zero-order valence-electron chi connectivity index (χ0n) is 10.8. The van der Waals surface area contributed by atoms with Crippen LogP contribution >= 0.6 is 0 Å². The van der Waals surface area contributed by atoms with Gasteiger partial charge in [0.1, 0.15) is 5.75 Å². The molecule has 0 unspecified atom stereocenters. The van der Waals surface area contributed by atoms with Crippen molar-refractivity contribution in [1.82, 2.24) is 5.16 Å². The first kappa shape index (κ1) is 12.5. The van der Waals surface area contributed by atoms with Crippen LogP contribution in [-0.2, 0) is 19.3 Å². The lowest BCUT2D eigenvalue weighted by molar-refractivity contribution is 0.414. The van der Waals surface area contributed by atoms with E-state index in [4.69, 9.17) is 15.0 Å². The monoisotopic (exact) mass is 246 g/mol. The Morgan fingerprint density at radius 3 is 2.56 bits per heavy atom. The Bertz CT molecular complexity index is 503. The molecular formula is C14H18N2O2. The number of nitrogen functional groups attached to an aromatic ring is 1. The van der Waals surface area contributed by atoms with Crippen LogP contribution in [0, 0.1) is 0 Å². The van der Waals surface area contributed by atoms with Gasteiger partial charge >= 0.3 is 0 Å². The van der Waals surface area contributed by atoms with Crippen LogP contribution in [0.15, 0.2) is 28.8 Å². The predicted molar refractivity (Wildman–Crippen MR) is 70.7 cm³/mol. The largest absolute Gasteiger partial charge is 0.497 e. The topological polar surface area (TPSA) is 61.3 Å². The van der Waals surface area contributed by atoms with Gasteiger partial charge in [0, 0.05) is 5.56 Å². The van der Waals surface area contributed by atoms with Gasteiger partial charge in [-0.25, -0.2) is 0 Å². The number of methoxy groups -OCH3 is 1. The second-order valence-corrected chi connectivity index (χ2v) is 4.17. The number of nitrogens with two attached hydrogens (primary N) is 1. The fourth-order valence-electron chi connectivity index (χ4n) is 1.99. The van der Waals surface area contributed by atoms with Gasteiger partial charge in [0.15, 0.2) is 0 Å². The molecule has 96 valence electrons. The number of anilines is 1. The molecule has 0 bridgehead atoms. The van der Waals surface area contributed by atoms with Crippen molar-refractivity contribution in [3.8, 4) is 5.75 Å². The van der Waals surface area contributed by atoms with Gasteiger partial charge < -0.3 is 15.0 Å². The van der Waals surface area contributed by atoms with E-state index in [0.29, 0.717) is 5.88 Å². The molecule has 0 saturated carbocycles. The SMILES string of the molecule is CCc1c(CCc2ccc(OC)cc2)noc1N. The van der Waals surface area contributed by atoms with Crippen LogP contribution in [0.4, 0.5) is 5.88 Å². The molecule has 0 aliphatic rings. The van der Waals surface area contributed by atoms with Crippen molar-refractivity contribution in [1.29, 1.82) is 0 Å². The summed E-state index contributed by atoms with van der Waals surface area (Å²) in [6.45, 7) is 2.06. The molecule has 4 heteroatoms. The Balaban J connectivity index is 2.02. The number of aromatic nitrogens is 1. The first-order valence-electron chi connectivity index (χ1n) is 6.10. The smallest absolute Gasteiger partial charge is 0.225 e. The van der Waals surface area contributed by atoms with Crippen LogP contribution in [0.2, 0.25) is 0 Å². The van der Waals surface area contributed by atoms with E-state index in [1.54, 1.807) is 7.11 Å². The Morgan fingerprint density at radius 1 is 1.22 bits per heavy atom. The number of hydrogen-bond donors (Lipinski definition) is 1. The van der Waals surface area contributed by atoms with E-state index in [1.807, 2.05) is 12.1 Å². The van der Waals surface area contributed by atoms with Crippen LogP contribution in [0.3, 0.4) is 0 Å². The maximum Gasteiger partial charge on any atom is 0.225 e. The van der Waals surface area contributed by atoms with Gasteiger partial charge in [0.25, 0.3) is 0 Å². The second kappa shape index (κ2) is 5.58. The zero-order chi connectivity index (χ0) is 13.0. The van der Waals surface area contributed by atoms with Gasteiger partial charge in [-0.3, -0.25) is 0 Å². The molecule has 2 aromatic rings. The highest BCUT2D eigenvalue weighted by Gasteiger charge is 2.11. The summed E-state index contributed by atoms with van der Waals surface area (Å²) in [5, 5.41) is 4.01. The predicted octanol–water partition coefficient (Wildman–Crippen LogP) is 2.61. The molecule has 0 aliphatic heterocycles. The third kappa shape index (κ3) is 2.64. The third-order valence-corrected chi connectivity index (χ3v) is 3.06. The van der Waals surface area contributed by atoms with Gasteiger partial charge in [-0.2, -0.15) is 0 Å². The lowest BCUT2D eigenvalue weighted by Crippen LogP contribution is -1.97. The van der Waals surface area contributed by atoms with Crippen molar-refractivity contribution in [2.45, 2.75) is 26.2 Å². The molecule has 0 aliphatic carbocycles. The van der Waals surface area contributed by atoms with Crippen molar-refractivity contribution in [2.75, 3.05) is 12.8 Å². The summed E-state index contributed by atoms with van der Waals surface area (Å²) in [4.78, 5) is 0. The molecular weight excluding hydrogens is 228 g/mol. The molecule has 0 amide bonds. The highest BCUT2D eigenvalue weighted by molar-refractivity contribution is 5.39. The fraction of sp³-hybridized carbons (Fsp3) is 0.357. The van der Waals surface area contributed by atoms with E-state index < -0.39 is 0 Å². The molecule has 4 nitrogen and oxygen atoms in total. The second-order valence-electron chi connectivity index (χ2n) is 4.17. The van der Waals surface area contributed by atoms with Crippen molar-refractivity contribution in [2.24, 2.45) is 0 Å². The van der Waals surface area contributed by atoms with Crippen molar-refractivity contribution in [3.63, 3.8) is 0 Å². The number of benzene rings is 1. The number of ether oxygens (including phenoxy) is 1. The first-order chi connectivity index (χ1) is 8.74. The maximum absolute atomic E-state index is 5.71. The van der Waals surface area contributed by atoms with Crippen LogP contribution in [0.25, 0.3) is 0 Å². The van der Waals surface area contributed by atoms with Gasteiger partial charge in [-0.15, -0.1) is 0 Å². The lowest BCUT2D eigenvalue weighted by Gasteiger charge is -2.03. The Labute approximate surface area is 107 Å². The van der Waals surface area contributed by atoms with Gasteiger partial charge in [0.2, 0.25) is 5.88 Å². The number of aryl methyl sites for hydroxylation is 2. The molecule has 1 aromatic carbocycles. The summed E-state index contributed by atoms with van der Waals surface area (Å²) < 4.78 is 10.1. The standard InChI is InChI=1S/C14H18N2O2/c1-3-12-13(16-18-14(12)15)9-6-10-4-7-11(17-2)8-5-10/h4-5,7-8H,3,6,9,15H2,1-2H3. The fourth-order valence-corrected chi connectivity index (χ4v) is 1.99. The summed E-state index contributed by atoms with van der Waals surface area (Å²) in [5.41, 5.74) is 8.96. The number of nitrogens with zero attached hydrogens (tertiary/aromatic N) is 1. The molecule has 1 heterocycles. The van der Waals surface area contributed by atoms with E-state index in [9.17, 15) is 0 Å². The minimum absolute atomic E-state index is 0.447. The highest BCUT2D eigenvalue weighted by Crippen LogP contribution is 2.19. The maximum atomic E-state index is 5.71. The third-order valence-electron chi connectivity index (χ3n) is 3.06. The van der Waals surface area contributed by atoms with Gasteiger partial charge in [-0.05, 0) is 37.0 Å². The Morgan fingerprint density at radius 2 is 1.94 bits per heavy atom. The van der Waals surface area contributed by atoms with Crippen LogP contribution in [0.5, 0.6) is 5.75 Å². The molecule has 2 N–H and O–H groups in total. The molecule has 0 fully saturated rings. The summed E-state index contributed by atoms with van der Waals surface area (Å²) >= 11 is 0. The van der Waals surface area contributed by atoms with E-state index in [2.05, 4.69) is 24.2 Å². The number of hydrogen-bond acceptors (Lipinski definition) is 4. The average Bonchev–Trinajstić information content (AvgIpc) is 2.77. The van der Waals surface area contributed by atoms with Crippen LogP contribution in [-0.4, -0.2) is 12.3 Å². The quantitative estimate of drug-likeness (QED) is 0.881. The molecule has 0 atom stereocenters. The minimum Gasteiger partial charge on any atom is -0.497 e. The normalized spacial score (nSPS) is 10.6. The molecule has 0 saturated heterocycles. The van der Waals surface area contributed by atoms with Gasteiger partial charge in [-0.1, -0.05) is 24.2 Å². The van der Waals surface area contributed by atoms with E-state index in [1.165, 1.54) is 5.56 Å². The molecule has 1 aromatic heterocycles. The molecule has 18 heavy (non-hydrogen) atoms. The summed E-state index contributed by atoms with van der Waals surface area (Å²) in [6, 6.07) is 8.06. The minimum atomic E-state index is 0.447. The lowest BCUT2D eigenvalue weighted by atomic mass is 10.0. The Kier molecular flexibility index (Phi) is 3.87. The average molecular weight is 246 g/mol. The van der Waals surface area contributed by atoms with E-state index >= 15 is 0 Å². The van der Waals surface area contributed by atoms with E-state index in [-0.39, 0.29) is 0 Å². The van der Waals surface area contributed by atoms with Crippen molar-refractivity contribution < 1.29 is 9.26 Å². The van der Waals surface area contributed by atoms with Crippen molar-refractivity contribution >= 4 is 5.88 Å². The Hall–Kier alpha value is -1.97. The van der Waals surface area contributed by atoms with Crippen LogP contribution < -0.4 is 10.5 Å². The van der Waals surface area contributed by atoms with Crippen LogP contribution in [0.1, 0.15) is 23.7 Å². The van der Waals surface area contributed by atoms with Gasteiger partial charge in [0.05, 0.1) is 12.8 Å². The summed E-state index contributed by atoms with van der Waals surface area (Å²) in [5.74, 6) is 1.32. The molecule has 2 rings (SSSR count). The zero-order valence-corrected chi connectivity index (χ0v) is 10.8. The summed E-state index contributed by atoms with van der Waals surface area (Å²) in [7, 11) is 1.67. The highest BCUT2D eigenvalue weighted by atomic mass is 16.5. The molecule has 0 radical (unpaired) electrons. The summed E-state index contributed by atoms with van der Waals surface area (Å²) in [6.07, 6.45) is 2.62. The first-order valence-corrected chi connectivity index (χ1v) is 6.10. The molecule has 0 spiro atoms. The van der Waals surface area contributed by atoms with Crippen molar-refractivity contribution in [3.05, 3.63) is 41.1 Å². The number of rotatable bonds is 5.